The lowest BCUT2D eigenvalue weighted by Crippen LogP contribution is -2.07. The molecule has 142 valence electrons. The van der Waals surface area contributed by atoms with E-state index in [1.54, 1.807) is 11.7 Å². The summed E-state index contributed by atoms with van der Waals surface area (Å²) in [5.74, 6) is 2.01. The van der Waals surface area contributed by atoms with Crippen LogP contribution in [0.5, 0.6) is 11.5 Å². The molecule has 0 aliphatic rings. The molecule has 0 bridgehead atoms. The summed E-state index contributed by atoms with van der Waals surface area (Å²) in [6, 6.07) is 12.2. The summed E-state index contributed by atoms with van der Waals surface area (Å²) in [5, 5.41) is 14.6. The Hall–Kier alpha value is -2.61. The molecule has 1 N–H and O–H groups in total. The van der Waals surface area contributed by atoms with E-state index in [1.165, 1.54) is 5.56 Å². The van der Waals surface area contributed by atoms with Crippen LogP contribution in [0.15, 0.2) is 40.9 Å². The Morgan fingerprint density at radius 2 is 1.96 bits per heavy atom. The van der Waals surface area contributed by atoms with Gasteiger partial charge in [-0.15, -0.1) is 0 Å². The third-order valence-corrected chi connectivity index (χ3v) is 4.68. The number of halogens is 1. The van der Waals surface area contributed by atoms with Crippen LogP contribution in [0.25, 0.3) is 0 Å². The molecule has 0 radical (unpaired) electrons. The standard InChI is InChI=1S/C19H22BrN5O2/c1-4-26-17-9-15(11-21-19-22-23-24-25(19)3)16(20)10-18(17)27-12-14-7-5-6-13(2)8-14/h5-10H,4,11-12H2,1-3H3,(H,21,22,24). The number of rotatable bonds is 8. The molecule has 0 saturated carbocycles. The quantitative estimate of drug-likeness (QED) is 0.583. The number of nitrogens with one attached hydrogen (secondary N) is 1. The molecule has 27 heavy (non-hydrogen) atoms. The number of ether oxygens (including phenoxy) is 2. The number of hydrogen-bond acceptors (Lipinski definition) is 6. The van der Waals surface area contributed by atoms with Crippen molar-refractivity contribution in [3.63, 3.8) is 0 Å². The average Bonchev–Trinajstić information content (AvgIpc) is 3.05. The second-order valence-corrected chi connectivity index (χ2v) is 6.94. The molecule has 1 aromatic heterocycles. The van der Waals surface area contributed by atoms with Gasteiger partial charge >= 0.3 is 0 Å². The highest BCUT2D eigenvalue weighted by Crippen LogP contribution is 2.34. The second-order valence-electron chi connectivity index (χ2n) is 6.08. The molecule has 0 atom stereocenters. The topological polar surface area (TPSA) is 74.1 Å². The van der Waals surface area contributed by atoms with Crippen LogP contribution in [0.2, 0.25) is 0 Å². The molecule has 7 nitrogen and oxygen atoms in total. The van der Waals surface area contributed by atoms with Crippen LogP contribution < -0.4 is 14.8 Å². The van der Waals surface area contributed by atoms with Gasteiger partial charge in [0.2, 0.25) is 5.95 Å². The summed E-state index contributed by atoms with van der Waals surface area (Å²) in [6.07, 6.45) is 0. The molecule has 0 amide bonds. The number of nitrogens with zero attached hydrogens (tertiary/aromatic N) is 4. The second kappa shape index (κ2) is 8.85. The lowest BCUT2D eigenvalue weighted by molar-refractivity contribution is 0.269. The van der Waals surface area contributed by atoms with Crippen LogP contribution in [0.1, 0.15) is 23.6 Å². The van der Waals surface area contributed by atoms with Gasteiger partial charge in [0, 0.05) is 18.1 Å². The summed E-state index contributed by atoms with van der Waals surface area (Å²) < 4.78 is 14.3. The molecule has 0 aliphatic carbocycles. The zero-order chi connectivity index (χ0) is 19.2. The van der Waals surface area contributed by atoms with E-state index in [1.807, 2.05) is 25.1 Å². The molecule has 8 heteroatoms. The molecular weight excluding hydrogens is 410 g/mol. The third-order valence-electron chi connectivity index (χ3n) is 3.95. The predicted octanol–water partition coefficient (Wildman–Crippen LogP) is 3.87. The van der Waals surface area contributed by atoms with Gasteiger partial charge in [0.15, 0.2) is 11.5 Å². The Morgan fingerprint density at radius 3 is 2.67 bits per heavy atom. The van der Waals surface area contributed by atoms with Crippen molar-refractivity contribution in [1.29, 1.82) is 0 Å². The van der Waals surface area contributed by atoms with Gasteiger partial charge < -0.3 is 14.8 Å². The first-order chi connectivity index (χ1) is 13.1. The summed E-state index contributed by atoms with van der Waals surface area (Å²) in [4.78, 5) is 0. The number of benzene rings is 2. The number of tetrazole rings is 1. The first-order valence-electron chi connectivity index (χ1n) is 8.66. The molecule has 0 aliphatic heterocycles. The zero-order valence-corrected chi connectivity index (χ0v) is 17.2. The molecule has 0 saturated heterocycles. The maximum absolute atomic E-state index is 6.02. The minimum Gasteiger partial charge on any atom is -0.490 e. The van der Waals surface area contributed by atoms with Gasteiger partial charge in [-0.3, -0.25) is 0 Å². The van der Waals surface area contributed by atoms with Crippen molar-refractivity contribution in [1.82, 2.24) is 20.2 Å². The minimum atomic E-state index is 0.483. The Balaban J connectivity index is 1.75. The van der Waals surface area contributed by atoms with E-state index < -0.39 is 0 Å². The van der Waals surface area contributed by atoms with Gasteiger partial charge in [-0.1, -0.05) is 50.9 Å². The molecule has 0 fully saturated rings. The summed E-state index contributed by atoms with van der Waals surface area (Å²) in [7, 11) is 1.78. The summed E-state index contributed by atoms with van der Waals surface area (Å²) >= 11 is 3.62. The largest absolute Gasteiger partial charge is 0.490 e. The van der Waals surface area contributed by atoms with Crippen molar-refractivity contribution in [3.8, 4) is 11.5 Å². The Labute approximate surface area is 166 Å². The lowest BCUT2D eigenvalue weighted by Gasteiger charge is -2.15. The lowest BCUT2D eigenvalue weighted by atomic mass is 10.1. The van der Waals surface area contributed by atoms with Gasteiger partial charge in [-0.05, 0) is 47.5 Å². The van der Waals surface area contributed by atoms with Gasteiger partial charge in [0.05, 0.1) is 6.61 Å². The highest BCUT2D eigenvalue weighted by atomic mass is 79.9. The van der Waals surface area contributed by atoms with E-state index in [4.69, 9.17) is 9.47 Å². The molecule has 2 aromatic carbocycles. The molecule has 1 heterocycles. The molecular formula is C19H22BrN5O2. The predicted molar refractivity (Wildman–Crippen MR) is 107 cm³/mol. The van der Waals surface area contributed by atoms with Gasteiger partial charge in [0.1, 0.15) is 6.61 Å². The van der Waals surface area contributed by atoms with Crippen LogP contribution in [-0.2, 0) is 20.2 Å². The molecule has 0 unspecified atom stereocenters. The maximum atomic E-state index is 6.02. The van der Waals surface area contributed by atoms with Crippen LogP contribution >= 0.6 is 15.9 Å². The van der Waals surface area contributed by atoms with Gasteiger partial charge in [-0.25, -0.2) is 4.68 Å². The van der Waals surface area contributed by atoms with E-state index in [-0.39, 0.29) is 0 Å². The SMILES string of the molecule is CCOc1cc(CNc2nnnn2C)c(Br)cc1OCc1cccc(C)c1. The zero-order valence-electron chi connectivity index (χ0n) is 15.6. The average molecular weight is 432 g/mol. The van der Waals surface area contributed by atoms with Crippen LogP contribution in [0, 0.1) is 6.92 Å². The van der Waals surface area contributed by atoms with Crippen LogP contribution in [-0.4, -0.2) is 26.8 Å². The highest BCUT2D eigenvalue weighted by Gasteiger charge is 2.12. The fraction of sp³-hybridized carbons (Fsp3) is 0.316. The number of aryl methyl sites for hydroxylation is 2. The van der Waals surface area contributed by atoms with E-state index >= 15 is 0 Å². The smallest absolute Gasteiger partial charge is 0.242 e. The third kappa shape index (κ3) is 4.97. The highest BCUT2D eigenvalue weighted by molar-refractivity contribution is 9.10. The van der Waals surface area contributed by atoms with Crippen molar-refractivity contribution in [2.45, 2.75) is 27.0 Å². The maximum Gasteiger partial charge on any atom is 0.242 e. The fourth-order valence-corrected chi connectivity index (χ4v) is 3.07. The molecule has 3 aromatic rings. The number of aromatic nitrogens is 4. The first kappa shape index (κ1) is 19.2. The molecule has 3 rings (SSSR count). The van der Waals surface area contributed by atoms with Crippen molar-refractivity contribution >= 4 is 21.9 Å². The Bertz CT molecular complexity index is 913. The summed E-state index contributed by atoms with van der Waals surface area (Å²) in [6.45, 7) is 5.61. The van der Waals surface area contributed by atoms with Crippen molar-refractivity contribution in [2.24, 2.45) is 7.05 Å². The van der Waals surface area contributed by atoms with Crippen molar-refractivity contribution < 1.29 is 9.47 Å². The number of anilines is 1. The van der Waals surface area contributed by atoms with Crippen LogP contribution in [0.3, 0.4) is 0 Å². The normalized spacial score (nSPS) is 10.7. The van der Waals surface area contributed by atoms with Crippen molar-refractivity contribution in [2.75, 3.05) is 11.9 Å². The number of hydrogen-bond donors (Lipinski definition) is 1. The van der Waals surface area contributed by atoms with Crippen molar-refractivity contribution in [3.05, 3.63) is 57.6 Å². The Morgan fingerprint density at radius 1 is 1.15 bits per heavy atom. The van der Waals surface area contributed by atoms with Gasteiger partial charge in [-0.2, -0.15) is 0 Å². The van der Waals surface area contributed by atoms with E-state index in [9.17, 15) is 0 Å². The van der Waals surface area contributed by atoms with Gasteiger partial charge in [0.25, 0.3) is 0 Å². The Kier molecular flexibility index (Phi) is 6.28. The van der Waals surface area contributed by atoms with E-state index in [0.717, 1.165) is 15.6 Å². The van der Waals surface area contributed by atoms with E-state index in [2.05, 4.69) is 61.9 Å². The fourth-order valence-electron chi connectivity index (χ4n) is 2.61. The first-order valence-corrected chi connectivity index (χ1v) is 9.46. The van der Waals surface area contributed by atoms with Crippen LogP contribution in [0.4, 0.5) is 5.95 Å². The summed E-state index contributed by atoms with van der Waals surface area (Å²) in [5.41, 5.74) is 3.35. The minimum absolute atomic E-state index is 0.483. The van der Waals surface area contributed by atoms with E-state index in [0.29, 0.717) is 37.2 Å². The monoisotopic (exact) mass is 431 g/mol. The molecule has 0 spiro atoms.